The van der Waals surface area contributed by atoms with Gasteiger partial charge in [0, 0.05) is 21.8 Å². The van der Waals surface area contributed by atoms with Crippen LogP contribution in [0.15, 0.2) is 53.5 Å². The predicted molar refractivity (Wildman–Crippen MR) is 100 cm³/mol. The van der Waals surface area contributed by atoms with Crippen molar-refractivity contribution in [2.24, 2.45) is 4.99 Å². The van der Waals surface area contributed by atoms with Crippen molar-refractivity contribution in [3.63, 3.8) is 0 Å². The van der Waals surface area contributed by atoms with E-state index < -0.39 is 17.9 Å². The Bertz CT molecular complexity index is 800. The van der Waals surface area contributed by atoms with Crippen molar-refractivity contribution in [1.29, 1.82) is 0 Å². The van der Waals surface area contributed by atoms with Gasteiger partial charge in [-0.15, -0.1) is 0 Å². The molecule has 0 spiro atoms. The summed E-state index contributed by atoms with van der Waals surface area (Å²) in [6.07, 6.45) is 0. The monoisotopic (exact) mass is 380 g/mol. The van der Waals surface area contributed by atoms with Crippen molar-refractivity contribution in [2.45, 2.75) is 12.0 Å². The molecule has 1 heterocycles. The Morgan fingerprint density at radius 2 is 1.76 bits per heavy atom. The number of rotatable bonds is 2. The van der Waals surface area contributed by atoms with E-state index >= 15 is 0 Å². The van der Waals surface area contributed by atoms with Crippen LogP contribution in [0.1, 0.15) is 11.1 Å². The molecule has 9 heteroatoms. The molecular formula is C16H15ClN2Na2O4. The molecule has 1 unspecified atom stereocenters. The van der Waals surface area contributed by atoms with Crippen LogP contribution in [0.2, 0.25) is 5.02 Å². The minimum absolute atomic E-state index is 0. The molecule has 1 atom stereocenters. The summed E-state index contributed by atoms with van der Waals surface area (Å²) in [6.45, 7) is 0. The molecule has 3 rings (SSSR count). The Hall–Kier alpha value is -0.410. The topological polar surface area (TPSA) is 102 Å². The first-order valence-corrected chi connectivity index (χ1v) is 7.15. The van der Waals surface area contributed by atoms with E-state index in [1.807, 2.05) is 6.07 Å². The third kappa shape index (κ3) is 4.86. The van der Waals surface area contributed by atoms with Crippen LogP contribution in [0.5, 0.6) is 0 Å². The zero-order valence-corrected chi connectivity index (χ0v) is 12.5. The summed E-state index contributed by atoms with van der Waals surface area (Å²) in [7, 11) is 0. The van der Waals surface area contributed by atoms with E-state index in [2.05, 4.69) is 10.3 Å². The van der Waals surface area contributed by atoms with Gasteiger partial charge in [0.25, 0.3) is 5.91 Å². The summed E-state index contributed by atoms with van der Waals surface area (Å²) in [6, 6.07) is 11.8. The van der Waals surface area contributed by atoms with E-state index in [0.29, 0.717) is 27.5 Å². The van der Waals surface area contributed by atoms with Crippen LogP contribution in [0.25, 0.3) is 0 Å². The van der Waals surface area contributed by atoms with Gasteiger partial charge in [-0.1, -0.05) is 41.9 Å². The van der Waals surface area contributed by atoms with Crippen LogP contribution in [0.3, 0.4) is 0 Å². The Morgan fingerprint density at radius 3 is 2.36 bits per heavy atom. The zero-order valence-electron chi connectivity index (χ0n) is 11.8. The van der Waals surface area contributed by atoms with Crippen LogP contribution in [0, 0.1) is 0 Å². The predicted octanol–water partition coefficient (Wildman–Crippen LogP) is 0.397. The summed E-state index contributed by atoms with van der Waals surface area (Å²) in [4.78, 5) is 15.5. The molecule has 0 aromatic heterocycles. The van der Waals surface area contributed by atoms with Crippen LogP contribution in [-0.4, -0.2) is 98.1 Å². The zero-order chi connectivity index (χ0) is 16.6. The van der Waals surface area contributed by atoms with E-state index in [9.17, 15) is 20.1 Å². The number of hydrogen-bond donors (Lipinski definition) is 4. The summed E-state index contributed by atoms with van der Waals surface area (Å²) >= 11 is 6.03. The van der Waals surface area contributed by atoms with Gasteiger partial charge in [0.2, 0.25) is 6.04 Å². The number of aliphatic hydroxyl groups is 2. The number of nitrogens with one attached hydrogen (secondary N) is 1. The van der Waals surface area contributed by atoms with Crippen LogP contribution >= 0.6 is 11.6 Å². The number of benzene rings is 2. The Morgan fingerprint density at radius 1 is 1.12 bits per heavy atom. The Kier molecular flexibility index (Phi) is 8.14. The molecule has 122 valence electrons. The summed E-state index contributed by atoms with van der Waals surface area (Å²) in [5, 5.41) is 32.3. The molecule has 0 saturated carbocycles. The third-order valence-corrected chi connectivity index (χ3v) is 3.71. The van der Waals surface area contributed by atoms with E-state index in [-0.39, 0.29) is 59.1 Å². The molecule has 1 aliphatic rings. The number of halogens is 1. The van der Waals surface area contributed by atoms with Crippen molar-refractivity contribution < 1.29 is 20.1 Å². The second-order valence-corrected chi connectivity index (χ2v) is 5.56. The van der Waals surface area contributed by atoms with E-state index in [0.717, 1.165) is 0 Å². The molecule has 6 nitrogen and oxygen atoms in total. The maximum atomic E-state index is 11.4. The summed E-state index contributed by atoms with van der Waals surface area (Å²) in [5.74, 6) is -4.19. The number of fused-ring (bicyclic) bond motifs is 1. The fraction of sp³-hybridized carbons (Fsp3) is 0.125. The van der Waals surface area contributed by atoms with E-state index in [1.54, 1.807) is 42.5 Å². The number of anilines is 1. The van der Waals surface area contributed by atoms with Crippen LogP contribution < -0.4 is 5.32 Å². The Labute approximate surface area is 193 Å². The van der Waals surface area contributed by atoms with E-state index in [4.69, 9.17) is 11.6 Å². The second-order valence-electron chi connectivity index (χ2n) is 5.13. The van der Waals surface area contributed by atoms with Crippen molar-refractivity contribution in [2.75, 3.05) is 5.32 Å². The van der Waals surface area contributed by atoms with Crippen LogP contribution in [-0.2, 0) is 4.79 Å². The number of aliphatic imine (C=N–C) groups is 1. The fourth-order valence-corrected chi connectivity index (χ4v) is 2.60. The normalized spacial score (nSPS) is 17.6. The molecule has 0 saturated heterocycles. The third-order valence-electron chi connectivity index (χ3n) is 3.48. The van der Waals surface area contributed by atoms with Gasteiger partial charge >= 0.3 is 65.1 Å². The molecule has 0 aliphatic carbocycles. The molecule has 2 aromatic rings. The average molecular weight is 381 g/mol. The van der Waals surface area contributed by atoms with Gasteiger partial charge in [-0.05, 0) is 18.2 Å². The summed E-state index contributed by atoms with van der Waals surface area (Å²) in [5.41, 5.74) is 1.76. The van der Waals surface area contributed by atoms with Crippen LogP contribution in [0.4, 0.5) is 5.69 Å². The second kappa shape index (κ2) is 8.99. The molecule has 25 heavy (non-hydrogen) atoms. The maximum absolute atomic E-state index is 11.4. The minimum atomic E-state index is -2.73. The number of nitrogens with zero attached hydrogens (tertiary/aromatic N) is 1. The molecule has 4 N–H and O–H groups in total. The van der Waals surface area contributed by atoms with E-state index in [1.165, 1.54) is 0 Å². The molecule has 2 aromatic carbocycles. The molecule has 0 bridgehead atoms. The van der Waals surface area contributed by atoms with Gasteiger partial charge in [0.05, 0.1) is 5.71 Å². The van der Waals surface area contributed by atoms with Crippen molar-refractivity contribution >= 4 is 88.1 Å². The van der Waals surface area contributed by atoms with Gasteiger partial charge in [-0.2, -0.15) is 0 Å². The van der Waals surface area contributed by atoms with Gasteiger partial charge < -0.3 is 20.6 Å². The van der Waals surface area contributed by atoms with Gasteiger partial charge in [0.1, 0.15) is 0 Å². The number of carbonyl (C=O) groups is 1. The molecule has 1 aliphatic heterocycles. The SMILES string of the molecule is O=C(O)C1N=C(c2ccccc2)c2cc(Cl)ccc2NC1(O)O.[NaH].[NaH]. The number of aliphatic carboxylic acids is 1. The first kappa shape index (κ1) is 22.6. The van der Waals surface area contributed by atoms with Crippen molar-refractivity contribution in [3.05, 3.63) is 64.7 Å². The van der Waals surface area contributed by atoms with Gasteiger partial charge in [0.15, 0.2) is 0 Å². The average Bonchev–Trinajstić information content (AvgIpc) is 2.61. The fourth-order valence-electron chi connectivity index (χ4n) is 2.43. The van der Waals surface area contributed by atoms with Gasteiger partial charge in [-0.3, -0.25) is 4.99 Å². The number of hydrogen-bond acceptors (Lipinski definition) is 5. The molecule has 0 radical (unpaired) electrons. The number of carboxylic acids is 1. The number of carboxylic acid groups (broad SMARTS) is 1. The molecule has 0 amide bonds. The van der Waals surface area contributed by atoms with Crippen molar-refractivity contribution in [3.8, 4) is 0 Å². The molecule has 0 fully saturated rings. The summed E-state index contributed by atoms with van der Waals surface area (Å²) < 4.78 is 0. The number of benzodiazepines with no additional fused rings is 1. The first-order valence-electron chi connectivity index (χ1n) is 6.77. The standard InChI is InChI=1S/C16H13ClN2O4.2Na.2H/c17-10-6-7-12-11(8-10)13(9-4-2-1-3-5-9)18-14(15(20)21)16(22,23)19-12;;;;/h1-8,14,19,22-23H,(H,20,21);;;;. The van der Waals surface area contributed by atoms with Crippen molar-refractivity contribution in [1.82, 2.24) is 0 Å². The Balaban J connectivity index is 0.00000156. The molecular weight excluding hydrogens is 366 g/mol. The first-order chi connectivity index (χ1) is 10.9. The quantitative estimate of drug-likeness (QED) is 0.446. The van der Waals surface area contributed by atoms with Gasteiger partial charge in [-0.25, -0.2) is 4.79 Å².